The van der Waals surface area contributed by atoms with Gasteiger partial charge in [0, 0.05) is 12.4 Å². The molecule has 82 valence electrons. The molecule has 5 nitrogen and oxygen atoms in total. The summed E-state index contributed by atoms with van der Waals surface area (Å²) in [4.78, 5) is 28.8. The van der Waals surface area contributed by atoms with Crippen LogP contribution in [0.1, 0.15) is 27.6 Å². The molecule has 0 saturated carbocycles. The second-order valence-corrected chi connectivity index (χ2v) is 3.95. The topological polar surface area (TPSA) is 76.3 Å². The normalized spacial score (nSPS) is 16.2. The van der Waals surface area contributed by atoms with Crippen molar-refractivity contribution >= 4 is 29.0 Å². The molecule has 1 aliphatic rings. The Morgan fingerprint density at radius 1 is 1.44 bits per heavy atom. The first-order valence-corrected chi connectivity index (χ1v) is 5.06. The van der Waals surface area contributed by atoms with E-state index in [1.165, 1.54) is 18.5 Å². The van der Waals surface area contributed by atoms with E-state index in [-0.39, 0.29) is 10.9 Å². The Morgan fingerprint density at radius 3 is 2.62 bits per heavy atom. The molecule has 1 aliphatic heterocycles. The van der Waals surface area contributed by atoms with Crippen LogP contribution < -0.4 is 5.73 Å². The van der Waals surface area contributed by atoms with Crippen molar-refractivity contribution in [1.29, 1.82) is 0 Å². The molecule has 0 bridgehead atoms. The molecular formula is C10H9N3O2S. The van der Waals surface area contributed by atoms with Crippen LogP contribution in [0.25, 0.3) is 0 Å². The number of fused-ring (bicyclic) bond motifs is 1. The predicted molar refractivity (Wildman–Crippen MR) is 61.0 cm³/mol. The predicted octanol–water partition coefficient (Wildman–Crippen LogP) is 0.352. The molecule has 2 N–H and O–H groups in total. The molecule has 16 heavy (non-hydrogen) atoms. The van der Waals surface area contributed by atoms with Gasteiger partial charge in [-0.25, -0.2) is 0 Å². The van der Waals surface area contributed by atoms with Gasteiger partial charge in [-0.05, 0) is 13.0 Å². The summed E-state index contributed by atoms with van der Waals surface area (Å²) in [6.07, 6.45) is 2.85. The highest BCUT2D eigenvalue weighted by Crippen LogP contribution is 2.23. The zero-order chi connectivity index (χ0) is 11.9. The van der Waals surface area contributed by atoms with Crippen molar-refractivity contribution in [2.75, 3.05) is 0 Å². The molecule has 2 heterocycles. The monoisotopic (exact) mass is 235 g/mol. The number of hydrogen-bond donors (Lipinski definition) is 1. The van der Waals surface area contributed by atoms with Gasteiger partial charge in [-0.2, -0.15) is 0 Å². The Hall–Kier alpha value is -1.82. The van der Waals surface area contributed by atoms with E-state index in [0.717, 1.165) is 4.90 Å². The van der Waals surface area contributed by atoms with E-state index in [2.05, 4.69) is 4.98 Å². The summed E-state index contributed by atoms with van der Waals surface area (Å²) in [6, 6.07) is 0.935. The molecule has 1 atom stereocenters. The van der Waals surface area contributed by atoms with Crippen LogP contribution in [-0.2, 0) is 0 Å². The van der Waals surface area contributed by atoms with E-state index in [9.17, 15) is 9.59 Å². The number of thiocarbonyl (C=S) groups is 1. The first kappa shape index (κ1) is 10.7. The Kier molecular flexibility index (Phi) is 2.43. The highest BCUT2D eigenvalue weighted by Gasteiger charge is 2.39. The fraction of sp³-hybridized carbons (Fsp3) is 0.200. The van der Waals surface area contributed by atoms with Crippen LogP contribution in [0.5, 0.6) is 0 Å². The SMILES string of the molecule is CC(C(N)=S)N1C(=O)c2ccncc2C1=O. The maximum atomic E-state index is 11.9. The maximum Gasteiger partial charge on any atom is 0.263 e. The summed E-state index contributed by atoms with van der Waals surface area (Å²) in [7, 11) is 0. The second-order valence-electron chi connectivity index (χ2n) is 3.48. The first-order chi connectivity index (χ1) is 7.54. The number of pyridine rings is 1. The van der Waals surface area contributed by atoms with E-state index >= 15 is 0 Å². The van der Waals surface area contributed by atoms with Gasteiger partial charge in [-0.15, -0.1) is 0 Å². The lowest BCUT2D eigenvalue weighted by Gasteiger charge is -2.20. The minimum absolute atomic E-state index is 0.113. The molecule has 2 amide bonds. The van der Waals surface area contributed by atoms with Crippen LogP contribution >= 0.6 is 12.2 Å². The van der Waals surface area contributed by atoms with E-state index in [0.29, 0.717) is 11.1 Å². The number of nitrogens with zero attached hydrogens (tertiary/aromatic N) is 2. The highest BCUT2D eigenvalue weighted by atomic mass is 32.1. The number of aromatic nitrogens is 1. The van der Waals surface area contributed by atoms with Gasteiger partial charge in [-0.1, -0.05) is 12.2 Å². The quantitative estimate of drug-likeness (QED) is 0.591. The third kappa shape index (κ3) is 1.38. The van der Waals surface area contributed by atoms with E-state index < -0.39 is 11.9 Å². The lowest BCUT2D eigenvalue weighted by atomic mass is 10.2. The van der Waals surface area contributed by atoms with Gasteiger partial charge in [0.05, 0.1) is 22.2 Å². The van der Waals surface area contributed by atoms with Crippen LogP contribution in [0, 0.1) is 0 Å². The minimum Gasteiger partial charge on any atom is -0.392 e. The fourth-order valence-corrected chi connectivity index (χ4v) is 1.69. The average Bonchev–Trinajstić information content (AvgIpc) is 2.52. The van der Waals surface area contributed by atoms with Gasteiger partial charge in [0.25, 0.3) is 11.8 Å². The smallest absolute Gasteiger partial charge is 0.263 e. The molecule has 0 radical (unpaired) electrons. The molecule has 1 aromatic heterocycles. The summed E-state index contributed by atoms with van der Waals surface area (Å²) in [5, 5.41) is 0. The largest absolute Gasteiger partial charge is 0.392 e. The van der Waals surface area contributed by atoms with Gasteiger partial charge in [0.1, 0.15) is 0 Å². The molecule has 0 aromatic carbocycles. The number of carbonyl (C=O) groups excluding carboxylic acids is 2. The van der Waals surface area contributed by atoms with E-state index in [1.807, 2.05) is 0 Å². The summed E-state index contributed by atoms with van der Waals surface area (Å²) < 4.78 is 0. The lowest BCUT2D eigenvalue weighted by molar-refractivity contribution is 0.0635. The van der Waals surface area contributed by atoms with Gasteiger partial charge < -0.3 is 5.73 Å². The molecule has 1 aromatic rings. The molecule has 0 spiro atoms. The molecule has 0 aliphatic carbocycles. The van der Waals surface area contributed by atoms with Gasteiger partial charge in [-0.3, -0.25) is 19.5 Å². The number of carbonyl (C=O) groups is 2. The van der Waals surface area contributed by atoms with Crippen molar-refractivity contribution in [3.05, 3.63) is 29.6 Å². The summed E-state index contributed by atoms with van der Waals surface area (Å²) in [5.74, 6) is -0.767. The maximum absolute atomic E-state index is 11.9. The standard InChI is InChI=1S/C10H9N3O2S/c1-5(8(11)16)13-9(14)6-2-3-12-4-7(6)10(13)15/h2-5H,1H3,(H2,11,16). The second kappa shape index (κ2) is 3.64. The average molecular weight is 235 g/mol. The fourth-order valence-electron chi connectivity index (χ4n) is 1.58. The molecule has 6 heteroatoms. The first-order valence-electron chi connectivity index (χ1n) is 4.65. The lowest BCUT2D eigenvalue weighted by Crippen LogP contribution is -2.45. The zero-order valence-electron chi connectivity index (χ0n) is 8.51. The van der Waals surface area contributed by atoms with E-state index in [1.54, 1.807) is 6.92 Å². The van der Waals surface area contributed by atoms with Gasteiger partial charge >= 0.3 is 0 Å². The van der Waals surface area contributed by atoms with Crippen molar-refractivity contribution in [3.8, 4) is 0 Å². The van der Waals surface area contributed by atoms with Crippen molar-refractivity contribution in [3.63, 3.8) is 0 Å². The molecular weight excluding hydrogens is 226 g/mol. The number of nitrogens with two attached hydrogens (primary N) is 1. The Bertz CT molecular complexity index is 466. The van der Waals surface area contributed by atoms with Crippen molar-refractivity contribution in [2.24, 2.45) is 5.73 Å². The minimum atomic E-state index is -0.581. The summed E-state index contributed by atoms with van der Waals surface area (Å²) in [6.45, 7) is 1.62. The van der Waals surface area contributed by atoms with Crippen molar-refractivity contribution in [1.82, 2.24) is 9.88 Å². The summed E-state index contributed by atoms with van der Waals surface area (Å²) >= 11 is 4.79. The number of imide groups is 1. The number of rotatable bonds is 2. The number of hydrogen-bond acceptors (Lipinski definition) is 4. The van der Waals surface area contributed by atoms with Crippen molar-refractivity contribution < 1.29 is 9.59 Å². The van der Waals surface area contributed by atoms with Crippen LogP contribution in [-0.4, -0.2) is 32.7 Å². The van der Waals surface area contributed by atoms with Crippen molar-refractivity contribution in [2.45, 2.75) is 13.0 Å². The molecule has 1 unspecified atom stereocenters. The molecule has 0 saturated heterocycles. The Balaban J connectivity index is 2.46. The Morgan fingerprint density at radius 2 is 2.06 bits per heavy atom. The molecule has 2 rings (SSSR count). The van der Waals surface area contributed by atoms with Crippen LogP contribution in [0.3, 0.4) is 0 Å². The van der Waals surface area contributed by atoms with Crippen LogP contribution in [0.2, 0.25) is 0 Å². The van der Waals surface area contributed by atoms with Gasteiger partial charge in [0.15, 0.2) is 0 Å². The Labute approximate surface area is 97.3 Å². The third-order valence-corrected chi connectivity index (χ3v) is 2.86. The summed E-state index contributed by atoms with van der Waals surface area (Å²) in [5.41, 5.74) is 6.10. The third-order valence-electron chi connectivity index (χ3n) is 2.52. The van der Waals surface area contributed by atoms with Gasteiger partial charge in [0.2, 0.25) is 0 Å². The number of amides is 2. The highest BCUT2D eigenvalue weighted by molar-refractivity contribution is 7.80. The zero-order valence-corrected chi connectivity index (χ0v) is 9.32. The molecule has 0 fully saturated rings. The van der Waals surface area contributed by atoms with E-state index in [4.69, 9.17) is 18.0 Å². The van der Waals surface area contributed by atoms with Crippen LogP contribution in [0.15, 0.2) is 18.5 Å². The van der Waals surface area contributed by atoms with Crippen LogP contribution in [0.4, 0.5) is 0 Å².